The van der Waals surface area contributed by atoms with Gasteiger partial charge in [-0.2, -0.15) is 0 Å². The van der Waals surface area contributed by atoms with E-state index in [-0.39, 0.29) is 12.1 Å². The van der Waals surface area contributed by atoms with E-state index in [1.165, 1.54) is 0 Å². The van der Waals surface area contributed by atoms with Crippen molar-refractivity contribution in [2.75, 3.05) is 16.3 Å². The maximum absolute atomic E-state index is 11.9. The molecule has 0 spiro atoms. The van der Waals surface area contributed by atoms with Crippen LogP contribution in [0.2, 0.25) is 0 Å². The van der Waals surface area contributed by atoms with Crippen LogP contribution in [0.5, 0.6) is 0 Å². The monoisotopic (exact) mass is 334 g/mol. The molecule has 1 heterocycles. The Morgan fingerprint density at radius 3 is 2.57 bits per heavy atom. The fourth-order valence-electron chi connectivity index (χ4n) is 1.97. The maximum atomic E-state index is 11.9. The molecule has 1 atom stereocenters. The van der Waals surface area contributed by atoms with Gasteiger partial charge in [-0.1, -0.05) is 12.1 Å². The Hall–Kier alpha value is -2.61. The molecule has 122 valence electrons. The molecule has 3 N–H and O–H groups in total. The second-order valence-corrected chi connectivity index (χ2v) is 6.81. The molecule has 23 heavy (non-hydrogen) atoms. The van der Waals surface area contributed by atoms with E-state index >= 15 is 0 Å². The van der Waals surface area contributed by atoms with Crippen LogP contribution >= 0.6 is 0 Å². The lowest BCUT2D eigenvalue weighted by molar-refractivity contribution is 0.249. The molecule has 0 aliphatic heterocycles. The lowest BCUT2D eigenvalue weighted by atomic mass is 10.1. The summed E-state index contributed by atoms with van der Waals surface area (Å²) in [6, 6.07) is 9.64. The fourth-order valence-corrected chi connectivity index (χ4v) is 2.52. The van der Waals surface area contributed by atoms with Gasteiger partial charge >= 0.3 is 6.03 Å². The van der Waals surface area contributed by atoms with E-state index in [4.69, 9.17) is 0 Å². The predicted molar refractivity (Wildman–Crippen MR) is 89.7 cm³/mol. The number of nitrogens with one attached hydrogen (secondary N) is 3. The lowest BCUT2D eigenvalue weighted by Gasteiger charge is -2.16. The standard InChI is InChI=1S/C15H18N4O3S/c1-11(17-15(20)18-14-7-4-8-16-10-14)12-5-3-6-13(9-12)19-23(2,21)22/h3-11,19H,1-2H3,(H2,17,18,20). The van der Waals surface area contributed by atoms with Gasteiger partial charge in [-0.15, -0.1) is 0 Å². The molecule has 0 aliphatic rings. The van der Waals surface area contributed by atoms with Crippen LogP contribution < -0.4 is 15.4 Å². The first-order chi connectivity index (χ1) is 10.8. The van der Waals surface area contributed by atoms with Gasteiger partial charge in [0, 0.05) is 11.9 Å². The number of carbonyl (C=O) groups is 1. The Morgan fingerprint density at radius 2 is 1.91 bits per heavy atom. The smallest absolute Gasteiger partial charge is 0.319 e. The third-order valence-corrected chi connectivity index (χ3v) is 3.56. The molecule has 2 rings (SSSR count). The molecule has 8 heteroatoms. The van der Waals surface area contributed by atoms with Gasteiger partial charge in [0.1, 0.15) is 0 Å². The summed E-state index contributed by atoms with van der Waals surface area (Å²) in [6.07, 6.45) is 4.25. The van der Waals surface area contributed by atoms with E-state index in [1.807, 2.05) is 13.0 Å². The van der Waals surface area contributed by atoms with Crippen LogP contribution in [0.1, 0.15) is 18.5 Å². The zero-order valence-electron chi connectivity index (χ0n) is 12.8. The molecule has 0 fully saturated rings. The van der Waals surface area contributed by atoms with Gasteiger partial charge in [-0.3, -0.25) is 9.71 Å². The van der Waals surface area contributed by atoms with Gasteiger partial charge < -0.3 is 10.6 Å². The highest BCUT2D eigenvalue weighted by Crippen LogP contribution is 2.18. The van der Waals surface area contributed by atoms with E-state index in [9.17, 15) is 13.2 Å². The highest BCUT2D eigenvalue weighted by atomic mass is 32.2. The number of amides is 2. The number of urea groups is 1. The summed E-state index contributed by atoms with van der Waals surface area (Å²) < 4.78 is 24.9. The number of hydrogen-bond acceptors (Lipinski definition) is 4. The Morgan fingerprint density at radius 1 is 1.17 bits per heavy atom. The number of hydrogen-bond donors (Lipinski definition) is 3. The number of rotatable bonds is 5. The molecular weight excluding hydrogens is 316 g/mol. The second kappa shape index (κ2) is 7.10. The normalized spacial score (nSPS) is 12.3. The highest BCUT2D eigenvalue weighted by molar-refractivity contribution is 7.92. The van der Waals surface area contributed by atoms with E-state index in [2.05, 4.69) is 20.3 Å². The molecule has 0 radical (unpaired) electrons. The SMILES string of the molecule is CC(NC(=O)Nc1cccnc1)c1cccc(NS(C)(=O)=O)c1. The summed E-state index contributed by atoms with van der Waals surface area (Å²) in [5, 5.41) is 5.45. The molecule has 0 bridgehead atoms. The Bertz CT molecular complexity index is 778. The topological polar surface area (TPSA) is 100 Å². The summed E-state index contributed by atoms with van der Waals surface area (Å²) in [5.74, 6) is 0. The van der Waals surface area contributed by atoms with Crippen molar-refractivity contribution in [1.29, 1.82) is 0 Å². The van der Waals surface area contributed by atoms with Crippen LogP contribution in [-0.2, 0) is 10.0 Å². The van der Waals surface area contributed by atoms with E-state index in [1.54, 1.807) is 42.7 Å². The molecule has 0 aliphatic carbocycles. The average Bonchev–Trinajstić information content (AvgIpc) is 2.46. The average molecular weight is 334 g/mol. The molecule has 2 amide bonds. The van der Waals surface area contributed by atoms with Gasteiger partial charge in [0.05, 0.1) is 24.2 Å². The minimum absolute atomic E-state index is 0.298. The maximum Gasteiger partial charge on any atom is 0.319 e. The van der Waals surface area contributed by atoms with Gasteiger partial charge in [0.25, 0.3) is 0 Å². The number of anilines is 2. The van der Waals surface area contributed by atoms with Crippen molar-refractivity contribution in [3.63, 3.8) is 0 Å². The number of pyridine rings is 1. The second-order valence-electron chi connectivity index (χ2n) is 5.06. The Labute approximate surface area is 135 Å². The zero-order valence-corrected chi connectivity index (χ0v) is 13.6. The number of benzene rings is 1. The number of sulfonamides is 1. The van der Waals surface area contributed by atoms with Crippen molar-refractivity contribution in [2.45, 2.75) is 13.0 Å². The van der Waals surface area contributed by atoms with E-state index in [0.29, 0.717) is 11.4 Å². The highest BCUT2D eigenvalue weighted by Gasteiger charge is 2.11. The lowest BCUT2D eigenvalue weighted by Crippen LogP contribution is -2.31. The first-order valence-electron chi connectivity index (χ1n) is 6.89. The van der Waals surface area contributed by atoms with Crippen molar-refractivity contribution >= 4 is 27.4 Å². The van der Waals surface area contributed by atoms with Crippen molar-refractivity contribution < 1.29 is 13.2 Å². The third kappa shape index (κ3) is 5.59. The van der Waals surface area contributed by atoms with Crippen molar-refractivity contribution in [3.8, 4) is 0 Å². The van der Waals surface area contributed by atoms with Crippen molar-refractivity contribution in [1.82, 2.24) is 10.3 Å². The van der Waals surface area contributed by atoms with Crippen LogP contribution in [0.25, 0.3) is 0 Å². The minimum Gasteiger partial charge on any atom is -0.331 e. The summed E-state index contributed by atoms with van der Waals surface area (Å²) in [6.45, 7) is 1.81. The molecule has 2 aromatic rings. The molecule has 1 unspecified atom stereocenters. The third-order valence-electron chi connectivity index (χ3n) is 2.96. The molecular formula is C15H18N4O3S. The first-order valence-corrected chi connectivity index (χ1v) is 8.78. The summed E-state index contributed by atoms with van der Waals surface area (Å²) >= 11 is 0. The molecule has 0 saturated heterocycles. The van der Waals surface area contributed by atoms with E-state index < -0.39 is 10.0 Å². The molecule has 7 nitrogen and oxygen atoms in total. The van der Waals surface area contributed by atoms with Crippen LogP contribution in [0.3, 0.4) is 0 Å². The van der Waals surface area contributed by atoms with Gasteiger partial charge in [-0.05, 0) is 36.8 Å². The number of nitrogens with zero attached hydrogens (tertiary/aromatic N) is 1. The first kappa shape index (κ1) is 16.8. The van der Waals surface area contributed by atoms with Crippen molar-refractivity contribution in [3.05, 3.63) is 54.4 Å². The zero-order chi connectivity index (χ0) is 16.9. The number of aromatic nitrogens is 1. The van der Waals surface area contributed by atoms with Crippen LogP contribution in [0.15, 0.2) is 48.8 Å². The van der Waals surface area contributed by atoms with Gasteiger partial charge in [-0.25, -0.2) is 13.2 Å². The minimum atomic E-state index is -3.34. The van der Waals surface area contributed by atoms with Crippen LogP contribution in [0.4, 0.5) is 16.2 Å². The molecule has 0 saturated carbocycles. The summed E-state index contributed by atoms with van der Waals surface area (Å²) in [4.78, 5) is 15.9. The largest absolute Gasteiger partial charge is 0.331 e. The quantitative estimate of drug-likeness (QED) is 0.781. The van der Waals surface area contributed by atoms with Gasteiger partial charge in [0.2, 0.25) is 10.0 Å². The van der Waals surface area contributed by atoms with Gasteiger partial charge in [0.15, 0.2) is 0 Å². The number of carbonyl (C=O) groups excluding carboxylic acids is 1. The summed E-state index contributed by atoms with van der Waals surface area (Å²) in [7, 11) is -3.34. The van der Waals surface area contributed by atoms with Crippen molar-refractivity contribution in [2.24, 2.45) is 0 Å². The summed E-state index contributed by atoms with van der Waals surface area (Å²) in [5.41, 5.74) is 1.82. The predicted octanol–water partition coefficient (Wildman–Crippen LogP) is 2.34. The molecule has 1 aromatic carbocycles. The van der Waals surface area contributed by atoms with E-state index in [0.717, 1.165) is 11.8 Å². The Kier molecular flexibility index (Phi) is 5.17. The Balaban J connectivity index is 2.01. The molecule has 1 aromatic heterocycles. The van der Waals surface area contributed by atoms with Crippen LogP contribution in [-0.4, -0.2) is 25.7 Å². The fraction of sp³-hybridized carbons (Fsp3) is 0.200. The van der Waals surface area contributed by atoms with Crippen LogP contribution in [0, 0.1) is 0 Å².